The van der Waals surface area contributed by atoms with Gasteiger partial charge in [-0.2, -0.15) is 0 Å². The van der Waals surface area contributed by atoms with Crippen LogP contribution in [0.3, 0.4) is 0 Å². The summed E-state index contributed by atoms with van der Waals surface area (Å²) in [5.74, 6) is 0. The van der Waals surface area contributed by atoms with Gasteiger partial charge in [-0.05, 0) is 11.1 Å². The maximum Gasteiger partial charge on any atom is 0.160 e. The van der Waals surface area contributed by atoms with E-state index in [4.69, 9.17) is 37.9 Å². The fourth-order valence-electron chi connectivity index (χ4n) is 4.76. The van der Waals surface area contributed by atoms with E-state index in [1.165, 1.54) is 0 Å². The lowest BCUT2D eigenvalue weighted by molar-refractivity contribution is -0.309. The number of hydrogen-bond donors (Lipinski definition) is 0. The van der Waals surface area contributed by atoms with Gasteiger partial charge in [-0.25, -0.2) is 0 Å². The molecule has 6 rings (SSSR count). The van der Waals surface area contributed by atoms with Crippen molar-refractivity contribution in [2.45, 2.75) is 49.8 Å². The van der Waals surface area contributed by atoms with Crippen LogP contribution >= 0.6 is 0 Å². The molecule has 0 bridgehead atoms. The predicted molar refractivity (Wildman–Crippen MR) is 133 cm³/mol. The zero-order chi connectivity index (χ0) is 24.9. The second-order valence-corrected chi connectivity index (χ2v) is 10.5. The van der Waals surface area contributed by atoms with Crippen LogP contribution in [0.1, 0.15) is 36.2 Å². The van der Waals surface area contributed by atoms with Gasteiger partial charge in [-0.15, -0.1) is 0 Å². The molecule has 4 fully saturated rings. The van der Waals surface area contributed by atoms with Gasteiger partial charge in [0.2, 0.25) is 0 Å². The average molecular weight is 513 g/mol. The summed E-state index contributed by atoms with van der Waals surface area (Å²) in [5, 5.41) is 0. The van der Waals surface area contributed by atoms with Crippen molar-refractivity contribution in [3.63, 3.8) is 0 Å². The predicted octanol–water partition coefficient (Wildman–Crippen LogP) is 3.81. The number of rotatable bonds is 12. The molecule has 8 heteroatoms. The lowest BCUT2D eigenvalue weighted by Crippen LogP contribution is -2.52. The van der Waals surface area contributed by atoms with E-state index in [1.807, 2.05) is 36.4 Å². The summed E-state index contributed by atoms with van der Waals surface area (Å²) in [6.07, 6.45) is 0.772. The molecule has 2 aromatic rings. The number of benzene rings is 2. The van der Waals surface area contributed by atoms with Gasteiger partial charge in [0.05, 0.1) is 70.5 Å². The summed E-state index contributed by atoms with van der Waals surface area (Å²) < 4.78 is 47.6. The van der Waals surface area contributed by atoms with E-state index in [2.05, 4.69) is 24.3 Å². The Labute approximate surface area is 218 Å². The van der Waals surface area contributed by atoms with Crippen molar-refractivity contribution in [1.29, 1.82) is 0 Å². The van der Waals surface area contributed by atoms with Gasteiger partial charge in [0.25, 0.3) is 0 Å². The highest BCUT2D eigenvalue weighted by atomic mass is 16.7. The summed E-state index contributed by atoms with van der Waals surface area (Å²) in [4.78, 5) is 0. The summed E-state index contributed by atoms with van der Waals surface area (Å²) in [7, 11) is 0. The molecule has 4 aliphatic heterocycles. The van der Waals surface area contributed by atoms with Crippen LogP contribution in [0.2, 0.25) is 0 Å². The van der Waals surface area contributed by atoms with Gasteiger partial charge in [0, 0.05) is 12.8 Å². The van der Waals surface area contributed by atoms with E-state index in [0.29, 0.717) is 52.5 Å². The molecule has 0 saturated carbocycles. The molecule has 0 radical (unpaired) electrons. The Bertz CT molecular complexity index is 865. The fraction of sp³-hybridized carbons (Fsp3) is 0.586. The quantitative estimate of drug-likeness (QED) is 0.397. The molecule has 1 spiro atoms. The molecule has 4 unspecified atom stereocenters. The van der Waals surface area contributed by atoms with Crippen LogP contribution in [0.25, 0.3) is 0 Å². The average Bonchev–Trinajstić information content (AvgIpc) is 3.88. The summed E-state index contributed by atoms with van der Waals surface area (Å²) in [5.41, 5.74) is 1.93. The number of hydrogen-bond acceptors (Lipinski definition) is 8. The zero-order valence-corrected chi connectivity index (χ0v) is 21.1. The zero-order valence-electron chi connectivity index (χ0n) is 21.1. The molecule has 0 amide bonds. The summed E-state index contributed by atoms with van der Waals surface area (Å²) >= 11 is 0. The first-order valence-electron chi connectivity index (χ1n) is 13.3. The Hall–Kier alpha value is -1.88. The highest BCUT2D eigenvalue weighted by Crippen LogP contribution is 2.36. The van der Waals surface area contributed by atoms with Gasteiger partial charge in [-0.1, -0.05) is 60.7 Å². The molecule has 0 aliphatic carbocycles. The molecule has 0 aromatic heterocycles. The molecule has 4 aliphatic rings. The highest BCUT2D eigenvalue weighted by Gasteiger charge is 2.43. The first kappa shape index (κ1) is 25.4. The molecule has 4 saturated heterocycles. The molecule has 200 valence electrons. The SMILES string of the molecule is c1ccc(C(CC2OCC3(CO2)COC(CC(OCC2CO2)c2ccccc2)OC3)OCC2CO2)cc1. The van der Waals surface area contributed by atoms with E-state index >= 15 is 0 Å². The maximum atomic E-state index is 6.17. The van der Waals surface area contributed by atoms with Crippen molar-refractivity contribution in [2.24, 2.45) is 5.41 Å². The van der Waals surface area contributed by atoms with Crippen LogP contribution < -0.4 is 0 Å². The topological polar surface area (TPSA) is 80.4 Å². The van der Waals surface area contributed by atoms with Gasteiger partial charge in [0.15, 0.2) is 12.6 Å². The molecule has 0 N–H and O–H groups in total. The van der Waals surface area contributed by atoms with Crippen molar-refractivity contribution in [3.05, 3.63) is 71.8 Å². The van der Waals surface area contributed by atoms with E-state index in [0.717, 1.165) is 24.3 Å². The minimum absolute atomic E-state index is 0.108. The third-order valence-corrected chi connectivity index (χ3v) is 7.23. The van der Waals surface area contributed by atoms with Crippen molar-refractivity contribution in [1.82, 2.24) is 0 Å². The van der Waals surface area contributed by atoms with Crippen LogP contribution in [-0.4, -0.2) is 77.6 Å². The Balaban J connectivity index is 0.986. The van der Waals surface area contributed by atoms with E-state index in [-0.39, 0.29) is 42.4 Å². The van der Waals surface area contributed by atoms with E-state index in [1.54, 1.807) is 0 Å². The van der Waals surface area contributed by atoms with Gasteiger partial charge < -0.3 is 37.9 Å². The Morgan fingerprint density at radius 2 is 0.973 bits per heavy atom. The van der Waals surface area contributed by atoms with Crippen LogP contribution in [0, 0.1) is 5.41 Å². The lowest BCUT2D eigenvalue weighted by Gasteiger charge is -2.44. The molecule has 4 heterocycles. The third-order valence-electron chi connectivity index (χ3n) is 7.23. The Morgan fingerprint density at radius 1 is 0.595 bits per heavy atom. The highest BCUT2D eigenvalue weighted by molar-refractivity contribution is 5.18. The van der Waals surface area contributed by atoms with Crippen LogP contribution in [0.5, 0.6) is 0 Å². The normalized spacial score (nSPS) is 32.6. The smallest absolute Gasteiger partial charge is 0.160 e. The lowest BCUT2D eigenvalue weighted by atomic mass is 9.90. The van der Waals surface area contributed by atoms with Crippen LogP contribution in [0.4, 0.5) is 0 Å². The molecular formula is C29H36O8. The molecular weight excluding hydrogens is 476 g/mol. The van der Waals surface area contributed by atoms with Crippen LogP contribution in [0.15, 0.2) is 60.7 Å². The van der Waals surface area contributed by atoms with Gasteiger partial charge in [-0.3, -0.25) is 0 Å². The molecule has 4 atom stereocenters. The standard InChI is InChI=1S/C29H36O8/c1-3-7-21(8-4-1)25(32-15-23-13-30-23)11-27-34-17-29(18-35-27)19-36-28(37-20-29)12-26(33-16-24-14-31-24)22-9-5-2-6-10-22/h1-10,23-28H,11-20H2. The Kier molecular flexibility index (Phi) is 8.16. The minimum atomic E-state index is -0.339. The van der Waals surface area contributed by atoms with Gasteiger partial charge in [0.1, 0.15) is 12.2 Å². The summed E-state index contributed by atoms with van der Waals surface area (Å²) in [6, 6.07) is 20.4. The van der Waals surface area contributed by atoms with E-state index in [9.17, 15) is 0 Å². The number of epoxide rings is 2. The van der Waals surface area contributed by atoms with Crippen molar-refractivity contribution in [2.75, 3.05) is 52.9 Å². The molecule has 2 aromatic carbocycles. The second kappa shape index (κ2) is 11.9. The molecule has 8 nitrogen and oxygen atoms in total. The van der Waals surface area contributed by atoms with Crippen molar-refractivity contribution >= 4 is 0 Å². The van der Waals surface area contributed by atoms with Crippen molar-refractivity contribution in [3.8, 4) is 0 Å². The first-order chi connectivity index (χ1) is 18.2. The van der Waals surface area contributed by atoms with Crippen LogP contribution in [-0.2, 0) is 37.9 Å². The first-order valence-corrected chi connectivity index (χ1v) is 13.3. The Morgan fingerprint density at radius 3 is 1.32 bits per heavy atom. The number of ether oxygens (including phenoxy) is 8. The largest absolute Gasteiger partial charge is 0.371 e. The van der Waals surface area contributed by atoms with Crippen molar-refractivity contribution < 1.29 is 37.9 Å². The third kappa shape index (κ3) is 7.16. The maximum absolute atomic E-state index is 6.17. The monoisotopic (exact) mass is 512 g/mol. The molecule has 37 heavy (non-hydrogen) atoms. The van der Waals surface area contributed by atoms with Gasteiger partial charge >= 0.3 is 0 Å². The second-order valence-electron chi connectivity index (χ2n) is 10.5. The minimum Gasteiger partial charge on any atom is -0.371 e. The van der Waals surface area contributed by atoms with E-state index < -0.39 is 0 Å². The fourth-order valence-corrected chi connectivity index (χ4v) is 4.76. The summed E-state index contributed by atoms with van der Waals surface area (Å²) in [6.45, 7) is 4.81.